The number of ether oxygens (including phenoxy) is 1. The predicted octanol–water partition coefficient (Wildman–Crippen LogP) is 2.91. The van der Waals surface area contributed by atoms with Crippen molar-refractivity contribution in [3.8, 4) is 0 Å². The predicted molar refractivity (Wildman–Crippen MR) is 60.2 cm³/mol. The maximum absolute atomic E-state index is 11.4. The number of hydrogen-bond acceptors (Lipinski definition) is 3. The lowest BCUT2D eigenvalue weighted by Crippen LogP contribution is -2.05. The van der Waals surface area contributed by atoms with Gasteiger partial charge in [-0.3, -0.25) is 0 Å². The molecule has 0 aromatic carbocycles. The van der Waals surface area contributed by atoms with Gasteiger partial charge >= 0.3 is 5.97 Å². The van der Waals surface area contributed by atoms with Gasteiger partial charge in [-0.25, -0.2) is 4.79 Å². The molecule has 0 spiro atoms. The molecule has 0 amide bonds. The molecule has 0 bridgehead atoms. The van der Waals surface area contributed by atoms with E-state index < -0.39 is 0 Å². The zero-order valence-corrected chi connectivity index (χ0v) is 9.52. The highest BCUT2D eigenvalue weighted by Gasteiger charge is 2.11. The minimum absolute atomic E-state index is 0.201. The number of carbonyl (C=O) groups is 1. The zero-order chi connectivity index (χ0) is 10.4. The second-order valence-electron chi connectivity index (χ2n) is 3.10. The van der Waals surface area contributed by atoms with Gasteiger partial charge in [0.15, 0.2) is 0 Å². The van der Waals surface area contributed by atoms with Gasteiger partial charge < -0.3 is 4.74 Å². The third-order valence-electron chi connectivity index (χ3n) is 2.09. The summed E-state index contributed by atoms with van der Waals surface area (Å²) < 4.78 is 4.95. The Bertz CT molecular complexity index is 266. The van der Waals surface area contributed by atoms with Crippen molar-refractivity contribution in [2.75, 3.05) is 12.9 Å². The maximum Gasteiger partial charge on any atom is 0.344 e. The number of rotatable bonds is 4. The monoisotopic (exact) mass is 212 g/mol. The standard InChI is InChI=1S/C11H16O2S/c1-3-13-11(12)10(14-2)8-9-6-4-5-7-9/h6,8H,3-5,7H2,1-2H3. The fraction of sp³-hybridized carbons (Fsp3) is 0.545. The van der Waals surface area contributed by atoms with Crippen molar-refractivity contribution in [2.45, 2.75) is 26.2 Å². The van der Waals surface area contributed by atoms with Crippen LogP contribution in [-0.2, 0) is 9.53 Å². The molecule has 2 nitrogen and oxygen atoms in total. The molecule has 0 unspecified atom stereocenters. The van der Waals surface area contributed by atoms with Gasteiger partial charge in [0, 0.05) is 0 Å². The topological polar surface area (TPSA) is 26.3 Å². The molecule has 0 heterocycles. The van der Waals surface area contributed by atoms with Gasteiger partial charge in [0.05, 0.1) is 11.5 Å². The van der Waals surface area contributed by atoms with Crippen LogP contribution in [0.15, 0.2) is 22.6 Å². The van der Waals surface area contributed by atoms with Crippen LogP contribution in [0.25, 0.3) is 0 Å². The minimum atomic E-state index is -0.201. The van der Waals surface area contributed by atoms with Crippen molar-refractivity contribution >= 4 is 17.7 Å². The third kappa shape index (κ3) is 3.22. The third-order valence-corrected chi connectivity index (χ3v) is 2.81. The molecule has 0 aromatic heterocycles. The Morgan fingerprint density at radius 2 is 2.50 bits per heavy atom. The molecule has 0 saturated carbocycles. The Balaban J connectivity index is 2.64. The number of thioether (sulfide) groups is 1. The molecule has 78 valence electrons. The first kappa shape index (κ1) is 11.4. The minimum Gasteiger partial charge on any atom is -0.462 e. The molecular weight excluding hydrogens is 196 g/mol. The van der Waals surface area contributed by atoms with Gasteiger partial charge in [0.1, 0.15) is 0 Å². The molecule has 0 fully saturated rings. The molecule has 1 aliphatic rings. The molecule has 0 radical (unpaired) electrons. The highest BCUT2D eigenvalue weighted by Crippen LogP contribution is 2.23. The highest BCUT2D eigenvalue weighted by molar-refractivity contribution is 8.03. The molecule has 0 aliphatic heterocycles. The average molecular weight is 212 g/mol. The Labute approximate surface area is 89.4 Å². The summed E-state index contributed by atoms with van der Waals surface area (Å²) in [6.07, 6.45) is 9.47. The van der Waals surface area contributed by atoms with E-state index >= 15 is 0 Å². The van der Waals surface area contributed by atoms with Crippen molar-refractivity contribution in [1.29, 1.82) is 0 Å². The Kier molecular flexibility index (Phi) is 4.80. The van der Waals surface area contributed by atoms with Crippen molar-refractivity contribution < 1.29 is 9.53 Å². The smallest absolute Gasteiger partial charge is 0.344 e. The quantitative estimate of drug-likeness (QED) is 0.529. The van der Waals surface area contributed by atoms with Crippen LogP contribution in [0, 0.1) is 0 Å². The fourth-order valence-corrected chi connectivity index (χ4v) is 1.89. The Morgan fingerprint density at radius 1 is 1.71 bits per heavy atom. The van der Waals surface area contributed by atoms with E-state index in [1.165, 1.54) is 23.8 Å². The second kappa shape index (κ2) is 5.91. The van der Waals surface area contributed by atoms with Crippen molar-refractivity contribution in [3.63, 3.8) is 0 Å². The van der Waals surface area contributed by atoms with E-state index in [4.69, 9.17) is 4.74 Å². The summed E-state index contributed by atoms with van der Waals surface area (Å²) in [5.41, 5.74) is 1.27. The summed E-state index contributed by atoms with van der Waals surface area (Å²) in [5.74, 6) is -0.201. The van der Waals surface area contributed by atoms with E-state index in [0.29, 0.717) is 11.5 Å². The lowest BCUT2D eigenvalue weighted by Gasteiger charge is -2.03. The highest BCUT2D eigenvalue weighted by atomic mass is 32.2. The Hall–Kier alpha value is -0.700. The van der Waals surface area contributed by atoms with E-state index in [-0.39, 0.29) is 5.97 Å². The molecule has 1 rings (SSSR count). The van der Waals surface area contributed by atoms with Crippen LogP contribution < -0.4 is 0 Å². The first-order valence-corrected chi connectivity index (χ1v) is 6.12. The largest absolute Gasteiger partial charge is 0.462 e. The fourth-order valence-electron chi connectivity index (χ4n) is 1.40. The summed E-state index contributed by atoms with van der Waals surface area (Å²) in [7, 11) is 0. The van der Waals surface area contributed by atoms with Gasteiger partial charge in [-0.05, 0) is 38.5 Å². The molecule has 3 heteroatoms. The van der Waals surface area contributed by atoms with Crippen LogP contribution >= 0.6 is 11.8 Å². The number of allylic oxidation sites excluding steroid dienone is 3. The second-order valence-corrected chi connectivity index (χ2v) is 3.95. The number of carbonyl (C=O) groups excluding carboxylic acids is 1. The summed E-state index contributed by atoms with van der Waals surface area (Å²) in [6.45, 7) is 2.26. The van der Waals surface area contributed by atoms with E-state index in [1.807, 2.05) is 19.3 Å². The summed E-state index contributed by atoms with van der Waals surface area (Å²) in [4.78, 5) is 12.1. The molecule has 0 aromatic rings. The lowest BCUT2D eigenvalue weighted by molar-refractivity contribution is -0.137. The summed E-state index contributed by atoms with van der Waals surface area (Å²) >= 11 is 1.45. The van der Waals surface area contributed by atoms with Crippen molar-refractivity contribution in [2.24, 2.45) is 0 Å². The molecular formula is C11H16O2S. The van der Waals surface area contributed by atoms with E-state index in [9.17, 15) is 4.79 Å². The zero-order valence-electron chi connectivity index (χ0n) is 8.71. The molecule has 14 heavy (non-hydrogen) atoms. The van der Waals surface area contributed by atoms with Gasteiger partial charge in [0.25, 0.3) is 0 Å². The number of esters is 1. The van der Waals surface area contributed by atoms with E-state index in [0.717, 1.165) is 12.8 Å². The van der Waals surface area contributed by atoms with E-state index in [2.05, 4.69) is 6.08 Å². The van der Waals surface area contributed by atoms with Gasteiger partial charge in [-0.2, -0.15) is 0 Å². The number of hydrogen-bond donors (Lipinski definition) is 0. The van der Waals surface area contributed by atoms with Crippen LogP contribution in [0.4, 0.5) is 0 Å². The molecule has 0 N–H and O–H groups in total. The van der Waals surface area contributed by atoms with E-state index in [1.54, 1.807) is 0 Å². The van der Waals surface area contributed by atoms with Crippen molar-refractivity contribution in [1.82, 2.24) is 0 Å². The lowest BCUT2D eigenvalue weighted by atomic mass is 10.2. The summed E-state index contributed by atoms with van der Waals surface area (Å²) in [6, 6.07) is 0. The van der Waals surface area contributed by atoms with Crippen LogP contribution in [0.5, 0.6) is 0 Å². The van der Waals surface area contributed by atoms with Crippen LogP contribution in [-0.4, -0.2) is 18.8 Å². The van der Waals surface area contributed by atoms with Gasteiger partial charge in [0.2, 0.25) is 0 Å². The first-order chi connectivity index (χ1) is 6.77. The molecule has 0 atom stereocenters. The normalized spacial score (nSPS) is 16.7. The van der Waals surface area contributed by atoms with Crippen LogP contribution in [0.1, 0.15) is 26.2 Å². The van der Waals surface area contributed by atoms with Gasteiger partial charge in [-0.1, -0.05) is 11.6 Å². The molecule has 1 aliphatic carbocycles. The SMILES string of the molecule is CCOC(=O)C(=CC1=CCCC1)SC. The Morgan fingerprint density at radius 3 is 3.00 bits per heavy atom. The summed E-state index contributed by atoms with van der Waals surface area (Å²) in [5, 5.41) is 0. The van der Waals surface area contributed by atoms with Crippen LogP contribution in [0.2, 0.25) is 0 Å². The van der Waals surface area contributed by atoms with Gasteiger partial charge in [-0.15, -0.1) is 11.8 Å². The maximum atomic E-state index is 11.4. The first-order valence-electron chi connectivity index (χ1n) is 4.89. The average Bonchev–Trinajstić information content (AvgIpc) is 2.66. The van der Waals surface area contributed by atoms with Crippen LogP contribution in [0.3, 0.4) is 0 Å². The van der Waals surface area contributed by atoms with Crippen molar-refractivity contribution in [3.05, 3.63) is 22.6 Å². The molecule has 0 saturated heterocycles.